The first-order valence-electron chi connectivity index (χ1n) is 5.84. The van der Waals surface area contributed by atoms with E-state index < -0.39 is 0 Å². The first-order valence-corrected chi connectivity index (χ1v) is 5.84. The summed E-state index contributed by atoms with van der Waals surface area (Å²) in [5, 5.41) is 0. The van der Waals surface area contributed by atoms with Gasteiger partial charge < -0.3 is 0 Å². The molecule has 4 unspecified atom stereocenters. The summed E-state index contributed by atoms with van der Waals surface area (Å²) in [5.41, 5.74) is 0.242. The Kier molecular flexibility index (Phi) is 1.44. The highest BCUT2D eigenvalue weighted by molar-refractivity contribution is 5.98. The molecule has 4 atom stereocenters. The van der Waals surface area contributed by atoms with Gasteiger partial charge in [0.25, 0.3) is 0 Å². The molecule has 1 heteroatoms. The zero-order chi connectivity index (χ0) is 9.97. The minimum Gasteiger partial charge on any atom is -0.294 e. The Hall–Kier alpha value is -0.590. The summed E-state index contributed by atoms with van der Waals surface area (Å²) < 4.78 is 0. The van der Waals surface area contributed by atoms with Gasteiger partial charge in [0.15, 0.2) is 5.78 Å². The molecule has 1 nitrogen and oxygen atoms in total. The summed E-state index contributed by atoms with van der Waals surface area (Å²) in [6.45, 7) is 4.56. The maximum Gasteiger partial charge on any atom is 0.162 e. The molecule has 0 aromatic rings. The second kappa shape index (κ2) is 2.32. The van der Waals surface area contributed by atoms with Crippen LogP contribution in [0.1, 0.15) is 39.5 Å². The van der Waals surface area contributed by atoms with Crippen molar-refractivity contribution in [2.24, 2.45) is 22.7 Å². The molecule has 0 amide bonds. The van der Waals surface area contributed by atoms with Gasteiger partial charge in [0.05, 0.1) is 0 Å². The van der Waals surface area contributed by atoms with E-state index in [4.69, 9.17) is 0 Å². The Balaban J connectivity index is 2.12. The molecular weight excluding hydrogens is 172 g/mol. The summed E-state index contributed by atoms with van der Waals surface area (Å²) in [5.74, 6) is 2.01. The largest absolute Gasteiger partial charge is 0.294 e. The molecule has 0 N–H and O–H groups in total. The maximum atomic E-state index is 11.9. The van der Waals surface area contributed by atoms with Crippen molar-refractivity contribution < 1.29 is 4.79 Å². The van der Waals surface area contributed by atoms with Gasteiger partial charge in [-0.3, -0.25) is 4.79 Å². The molecule has 2 saturated carbocycles. The van der Waals surface area contributed by atoms with Gasteiger partial charge in [0, 0.05) is 10.8 Å². The lowest BCUT2D eigenvalue weighted by Gasteiger charge is -2.36. The van der Waals surface area contributed by atoms with E-state index in [0.717, 1.165) is 18.3 Å². The molecule has 3 aliphatic rings. The van der Waals surface area contributed by atoms with Crippen molar-refractivity contribution >= 4 is 5.78 Å². The van der Waals surface area contributed by atoms with Crippen LogP contribution in [0.25, 0.3) is 0 Å². The summed E-state index contributed by atoms with van der Waals surface area (Å²) >= 11 is 0. The van der Waals surface area contributed by atoms with Gasteiger partial charge >= 0.3 is 0 Å². The molecule has 2 fully saturated rings. The van der Waals surface area contributed by atoms with Crippen molar-refractivity contribution in [1.82, 2.24) is 0 Å². The number of carbonyl (C=O) groups excluding carboxylic acids is 1. The molecule has 0 bridgehead atoms. The quantitative estimate of drug-likeness (QED) is 0.574. The molecule has 3 rings (SSSR count). The van der Waals surface area contributed by atoms with E-state index in [0.29, 0.717) is 5.78 Å². The lowest BCUT2D eigenvalue weighted by atomic mass is 9.65. The van der Waals surface area contributed by atoms with E-state index in [1.54, 1.807) is 0 Å². The molecule has 0 aromatic carbocycles. The van der Waals surface area contributed by atoms with Crippen LogP contribution in [0.3, 0.4) is 0 Å². The molecule has 0 aliphatic heterocycles. The Bertz CT molecular complexity index is 330. The Morgan fingerprint density at radius 2 is 2.14 bits per heavy atom. The van der Waals surface area contributed by atoms with Crippen molar-refractivity contribution in [3.05, 3.63) is 12.2 Å². The monoisotopic (exact) mass is 190 g/mol. The van der Waals surface area contributed by atoms with E-state index in [9.17, 15) is 4.79 Å². The van der Waals surface area contributed by atoms with Gasteiger partial charge in [-0.2, -0.15) is 0 Å². The highest BCUT2D eigenvalue weighted by Gasteiger charge is 2.64. The fourth-order valence-corrected chi connectivity index (χ4v) is 4.42. The Morgan fingerprint density at radius 1 is 1.36 bits per heavy atom. The van der Waals surface area contributed by atoms with Crippen LogP contribution in [-0.2, 0) is 4.79 Å². The lowest BCUT2D eigenvalue weighted by molar-refractivity contribution is -0.125. The highest BCUT2D eigenvalue weighted by atomic mass is 16.1. The Morgan fingerprint density at radius 3 is 2.93 bits per heavy atom. The summed E-state index contributed by atoms with van der Waals surface area (Å²) in [6.07, 6.45) is 9.08. The van der Waals surface area contributed by atoms with Crippen LogP contribution >= 0.6 is 0 Å². The van der Waals surface area contributed by atoms with Crippen molar-refractivity contribution in [3.63, 3.8) is 0 Å². The minimum atomic E-state index is -0.0254. The number of allylic oxidation sites excluding steroid dienone is 2. The third-order valence-corrected chi connectivity index (χ3v) is 5.42. The summed E-state index contributed by atoms with van der Waals surface area (Å²) in [4.78, 5) is 11.9. The molecular formula is C13H18O. The van der Waals surface area contributed by atoms with E-state index in [2.05, 4.69) is 19.9 Å². The average molecular weight is 190 g/mol. The van der Waals surface area contributed by atoms with Crippen LogP contribution in [0, 0.1) is 22.7 Å². The SMILES string of the molecule is CC1CCC23C=CC(=O)C2(C)CCC13. The van der Waals surface area contributed by atoms with E-state index in [1.165, 1.54) is 19.3 Å². The zero-order valence-corrected chi connectivity index (χ0v) is 9.05. The predicted molar refractivity (Wildman–Crippen MR) is 55.8 cm³/mol. The maximum absolute atomic E-state index is 11.9. The van der Waals surface area contributed by atoms with E-state index in [-0.39, 0.29) is 10.8 Å². The van der Waals surface area contributed by atoms with Gasteiger partial charge in [0.2, 0.25) is 0 Å². The topological polar surface area (TPSA) is 17.1 Å². The third kappa shape index (κ3) is 0.687. The summed E-state index contributed by atoms with van der Waals surface area (Å²) in [6, 6.07) is 0. The number of ketones is 1. The van der Waals surface area contributed by atoms with Crippen LogP contribution < -0.4 is 0 Å². The van der Waals surface area contributed by atoms with Gasteiger partial charge in [0.1, 0.15) is 0 Å². The molecule has 0 aromatic heterocycles. The summed E-state index contributed by atoms with van der Waals surface area (Å²) in [7, 11) is 0. The normalized spacial score (nSPS) is 55.1. The first kappa shape index (κ1) is 8.70. The standard InChI is InChI=1S/C13H18O/c1-9-3-7-13-8-5-11(14)12(13,2)6-4-10(9)13/h5,8-10H,3-4,6-7H2,1-2H3. The molecule has 0 radical (unpaired) electrons. The molecule has 76 valence electrons. The van der Waals surface area contributed by atoms with Crippen LogP contribution in [-0.4, -0.2) is 5.78 Å². The van der Waals surface area contributed by atoms with Crippen LogP contribution in [0.5, 0.6) is 0 Å². The third-order valence-electron chi connectivity index (χ3n) is 5.42. The number of hydrogen-bond acceptors (Lipinski definition) is 1. The molecule has 0 heterocycles. The minimum absolute atomic E-state index is 0.0254. The van der Waals surface area contributed by atoms with E-state index in [1.807, 2.05) is 6.08 Å². The van der Waals surface area contributed by atoms with Crippen molar-refractivity contribution in [3.8, 4) is 0 Å². The lowest BCUT2D eigenvalue weighted by Crippen LogP contribution is -2.36. The molecule has 14 heavy (non-hydrogen) atoms. The van der Waals surface area contributed by atoms with E-state index >= 15 is 0 Å². The van der Waals surface area contributed by atoms with Gasteiger partial charge in [-0.15, -0.1) is 0 Å². The first-order chi connectivity index (χ1) is 6.60. The second-order valence-electron chi connectivity index (χ2n) is 5.73. The average Bonchev–Trinajstić information content (AvgIpc) is 2.70. The fraction of sp³-hybridized carbons (Fsp3) is 0.769. The van der Waals surface area contributed by atoms with Crippen LogP contribution in [0.4, 0.5) is 0 Å². The second-order valence-corrected chi connectivity index (χ2v) is 5.73. The Labute approximate surface area is 85.6 Å². The van der Waals surface area contributed by atoms with Crippen molar-refractivity contribution in [1.29, 1.82) is 0 Å². The molecule has 1 spiro atoms. The van der Waals surface area contributed by atoms with Crippen LogP contribution in [0.2, 0.25) is 0 Å². The smallest absolute Gasteiger partial charge is 0.162 e. The van der Waals surface area contributed by atoms with Gasteiger partial charge in [-0.05, 0) is 43.6 Å². The van der Waals surface area contributed by atoms with Crippen molar-refractivity contribution in [2.45, 2.75) is 39.5 Å². The van der Waals surface area contributed by atoms with Gasteiger partial charge in [-0.25, -0.2) is 0 Å². The molecule has 0 saturated heterocycles. The number of carbonyl (C=O) groups is 1. The molecule has 3 aliphatic carbocycles. The zero-order valence-electron chi connectivity index (χ0n) is 9.05. The predicted octanol–water partition coefficient (Wildman–Crippen LogP) is 2.96. The van der Waals surface area contributed by atoms with Crippen molar-refractivity contribution in [2.75, 3.05) is 0 Å². The number of hydrogen-bond donors (Lipinski definition) is 0. The van der Waals surface area contributed by atoms with Crippen LogP contribution in [0.15, 0.2) is 12.2 Å². The number of rotatable bonds is 0. The van der Waals surface area contributed by atoms with Gasteiger partial charge in [-0.1, -0.05) is 19.9 Å². The highest BCUT2D eigenvalue weighted by Crippen LogP contribution is 2.68. The fourth-order valence-electron chi connectivity index (χ4n) is 4.42.